The van der Waals surface area contributed by atoms with Crippen molar-refractivity contribution in [1.29, 1.82) is 0 Å². The van der Waals surface area contributed by atoms with Crippen molar-refractivity contribution in [3.05, 3.63) is 0 Å². The fraction of sp³-hybridized carbons (Fsp3) is 0.909. The number of alkyl halides is 1. The highest BCUT2D eigenvalue weighted by atomic mass is 79.9. The highest BCUT2D eigenvalue weighted by molar-refractivity contribution is 9.10. The molecule has 8 unspecified atom stereocenters. The average molecular weight is 254 g/mol. The van der Waals surface area contributed by atoms with Crippen LogP contribution in [-0.2, 0) is 0 Å². The zero-order valence-corrected chi connectivity index (χ0v) is 9.31. The summed E-state index contributed by atoms with van der Waals surface area (Å²) in [5.41, 5.74) is 1.17. The van der Waals surface area contributed by atoms with Gasteiger partial charge in [0.05, 0.1) is 5.71 Å². The fourth-order valence-electron chi connectivity index (χ4n) is 6.35. The SMILES string of the molecule is ON=C1C2C3CC4C5CC(Br)(C1C53)C42. The summed E-state index contributed by atoms with van der Waals surface area (Å²) in [4.78, 5) is 0. The Morgan fingerprint density at radius 1 is 1.36 bits per heavy atom. The number of hydrogen-bond acceptors (Lipinski definition) is 2. The molecule has 0 aromatic heterocycles. The number of hydrogen-bond donors (Lipinski definition) is 1. The molecule has 2 nitrogen and oxygen atoms in total. The Hall–Kier alpha value is -0.0500. The predicted molar refractivity (Wildman–Crippen MR) is 54.5 cm³/mol. The predicted octanol–water partition coefficient (Wildman–Crippen LogP) is 2.11. The van der Waals surface area contributed by atoms with Gasteiger partial charge in [-0.3, -0.25) is 0 Å². The molecule has 8 atom stereocenters. The van der Waals surface area contributed by atoms with Crippen molar-refractivity contribution in [2.45, 2.75) is 17.2 Å². The van der Waals surface area contributed by atoms with Crippen molar-refractivity contribution in [1.82, 2.24) is 0 Å². The van der Waals surface area contributed by atoms with Gasteiger partial charge in [0, 0.05) is 16.2 Å². The standard InChI is InChI=1S/C11H12BrNO/c12-11-2-5-3-1-4-6(5)9(11)10(13-14)7(4)8(3)11/h3-9,14H,1-2H2. The summed E-state index contributed by atoms with van der Waals surface area (Å²) in [6.07, 6.45) is 2.80. The van der Waals surface area contributed by atoms with Crippen LogP contribution in [-0.4, -0.2) is 15.2 Å². The maximum atomic E-state index is 9.16. The molecule has 1 N–H and O–H groups in total. The summed E-state index contributed by atoms with van der Waals surface area (Å²) in [5, 5.41) is 12.8. The van der Waals surface area contributed by atoms with E-state index in [4.69, 9.17) is 5.21 Å². The van der Waals surface area contributed by atoms with Gasteiger partial charge < -0.3 is 5.21 Å². The molecule has 3 heteroatoms. The lowest BCUT2D eigenvalue weighted by molar-refractivity contribution is 0.149. The molecule has 6 aliphatic carbocycles. The highest BCUT2D eigenvalue weighted by Crippen LogP contribution is 2.85. The smallest absolute Gasteiger partial charge is 0.0655 e. The second kappa shape index (κ2) is 1.70. The third-order valence-corrected chi connectivity index (χ3v) is 7.52. The molecule has 0 aliphatic heterocycles. The molecule has 6 bridgehead atoms. The van der Waals surface area contributed by atoms with Gasteiger partial charge in [0.1, 0.15) is 0 Å². The maximum absolute atomic E-state index is 9.16. The summed E-state index contributed by atoms with van der Waals surface area (Å²) in [7, 11) is 0. The Bertz CT molecular complexity index is 395. The van der Waals surface area contributed by atoms with E-state index in [2.05, 4.69) is 21.1 Å². The van der Waals surface area contributed by atoms with Crippen molar-refractivity contribution < 1.29 is 5.21 Å². The first-order valence-electron chi connectivity index (χ1n) is 5.68. The van der Waals surface area contributed by atoms with E-state index in [1.54, 1.807) is 0 Å². The minimum atomic E-state index is 0.367. The Labute approximate surface area is 90.9 Å². The molecule has 6 saturated carbocycles. The number of nitrogens with zero attached hydrogens (tertiary/aromatic N) is 1. The zero-order valence-electron chi connectivity index (χ0n) is 7.73. The molecule has 6 aliphatic rings. The third-order valence-electron chi connectivity index (χ3n) is 6.17. The summed E-state index contributed by atoms with van der Waals surface area (Å²) in [5.74, 6) is 5.85. The van der Waals surface area contributed by atoms with Crippen LogP contribution >= 0.6 is 15.9 Å². The summed E-state index contributed by atoms with van der Waals surface area (Å²) < 4.78 is 0.367. The molecule has 6 fully saturated rings. The van der Waals surface area contributed by atoms with Gasteiger partial charge in [-0.25, -0.2) is 0 Å². The van der Waals surface area contributed by atoms with Gasteiger partial charge in [0.2, 0.25) is 0 Å². The quantitative estimate of drug-likeness (QED) is 0.401. The Morgan fingerprint density at radius 3 is 2.93 bits per heavy atom. The summed E-state index contributed by atoms with van der Waals surface area (Å²) >= 11 is 4.01. The Morgan fingerprint density at radius 2 is 2.21 bits per heavy atom. The van der Waals surface area contributed by atoms with Crippen LogP contribution < -0.4 is 0 Å². The molecule has 0 aromatic rings. The first-order valence-corrected chi connectivity index (χ1v) is 6.47. The highest BCUT2D eigenvalue weighted by Gasteiger charge is 2.85. The van der Waals surface area contributed by atoms with Crippen LogP contribution in [0.25, 0.3) is 0 Å². The minimum absolute atomic E-state index is 0.367. The fourth-order valence-corrected chi connectivity index (χ4v) is 7.89. The molecule has 0 heterocycles. The molecule has 0 saturated heterocycles. The second-order valence-corrected chi connectivity index (χ2v) is 7.47. The largest absolute Gasteiger partial charge is 0.411 e. The van der Waals surface area contributed by atoms with Gasteiger partial charge in [-0.15, -0.1) is 0 Å². The van der Waals surface area contributed by atoms with Crippen LogP contribution in [0.3, 0.4) is 0 Å². The van der Waals surface area contributed by atoms with Crippen LogP contribution in [0.5, 0.6) is 0 Å². The van der Waals surface area contributed by atoms with E-state index in [1.807, 2.05) is 0 Å². The minimum Gasteiger partial charge on any atom is -0.411 e. The lowest BCUT2D eigenvalue weighted by atomic mass is 9.71. The van der Waals surface area contributed by atoms with Gasteiger partial charge in [0.25, 0.3) is 0 Å². The molecule has 6 rings (SSSR count). The molecule has 0 spiro atoms. The van der Waals surface area contributed by atoms with Crippen molar-refractivity contribution in [2.75, 3.05) is 0 Å². The van der Waals surface area contributed by atoms with Crippen LogP contribution in [0.15, 0.2) is 5.16 Å². The normalized spacial score (nSPS) is 77.8. The molecule has 14 heavy (non-hydrogen) atoms. The van der Waals surface area contributed by atoms with Crippen LogP contribution in [0.2, 0.25) is 0 Å². The van der Waals surface area contributed by atoms with Crippen LogP contribution in [0.1, 0.15) is 12.8 Å². The van der Waals surface area contributed by atoms with Crippen molar-refractivity contribution in [3.63, 3.8) is 0 Å². The average Bonchev–Trinajstić information content (AvgIpc) is 2.76. The monoisotopic (exact) mass is 253 g/mol. The Kier molecular flexibility index (Phi) is 0.883. The summed E-state index contributed by atoms with van der Waals surface area (Å²) in [6.45, 7) is 0. The number of rotatable bonds is 0. The van der Waals surface area contributed by atoms with Gasteiger partial charge in [0.15, 0.2) is 0 Å². The van der Waals surface area contributed by atoms with E-state index in [1.165, 1.54) is 18.6 Å². The van der Waals surface area contributed by atoms with E-state index < -0.39 is 0 Å². The van der Waals surface area contributed by atoms with Crippen molar-refractivity contribution in [3.8, 4) is 0 Å². The molecule has 0 radical (unpaired) electrons. The topological polar surface area (TPSA) is 32.6 Å². The van der Waals surface area contributed by atoms with E-state index in [0.29, 0.717) is 16.2 Å². The van der Waals surface area contributed by atoms with Gasteiger partial charge in [-0.1, -0.05) is 21.1 Å². The van der Waals surface area contributed by atoms with Crippen LogP contribution in [0, 0.1) is 41.4 Å². The van der Waals surface area contributed by atoms with Crippen LogP contribution in [0.4, 0.5) is 0 Å². The van der Waals surface area contributed by atoms with Crippen molar-refractivity contribution >= 4 is 21.6 Å². The molecule has 0 amide bonds. The second-order valence-electron chi connectivity index (χ2n) is 5.99. The van der Waals surface area contributed by atoms with E-state index in [-0.39, 0.29) is 0 Å². The first-order chi connectivity index (χ1) is 6.77. The molecular weight excluding hydrogens is 242 g/mol. The maximum Gasteiger partial charge on any atom is 0.0655 e. The Balaban J connectivity index is 1.89. The lowest BCUT2D eigenvalue weighted by Crippen LogP contribution is -2.39. The summed E-state index contributed by atoms with van der Waals surface area (Å²) in [6, 6.07) is 0. The zero-order chi connectivity index (χ0) is 9.24. The number of halogens is 1. The molecule has 0 aromatic carbocycles. The molecular formula is C11H12BrNO. The first kappa shape index (κ1) is 7.26. The van der Waals surface area contributed by atoms with Gasteiger partial charge >= 0.3 is 0 Å². The molecule has 74 valence electrons. The van der Waals surface area contributed by atoms with E-state index >= 15 is 0 Å². The third kappa shape index (κ3) is 0.412. The van der Waals surface area contributed by atoms with Crippen molar-refractivity contribution in [2.24, 2.45) is 46.6 Å². The van der Waals surface area contributed by atoms with E-state index in [9.17, 15) is 0 Å². The van der Waals surface area contributed by atoms with E-state index in [0.717, 1.165) is 29.6 Å². The number of oxime groups is 1. The lowest BCUT2D eigenvalue weighted by Gasteiger charge is -2.37. The van der Waals surface area contributed by atoms with Gasteiger partial charge in [-0.05, 0) is 42.4 Å². The van der Waals surface area contributed by atoms with Gasteiger partial charge in [-0.2, -0.15) is 0 Å².